The first-order valence-electron chi connectivity index (χ1n) is 4.00. The third kappa shape index (κ3) is 64.1. The van der Waals surface area contributed by atoms with E-state index < -0.39 is 0 Å². The van der Waals surface area contributed by atoms with Crippen molar-refractivity contribution < 1.29 is 23.5 Å². The highest BCUT2D eigenvalue weighted by Crippen LogP contribution is 1.79. The first kappa shape index (κ1) is 48.7. The summed E-state index contributed by atoms with van der Waals surface area (Å²) < 4.78 is 0. The van der Waals surface area contributed by atoms with Crippen LogP contribution in [0, 0.1) is 0 Å². The molecule has 0 spiro atoms. The minimum atomic E-state index is 0. The zero-order valence-corrected chi connectivity index (χ0v) is 9.51. The molecule has 5 heteroatoms. The van der Waals surface area contributed by atoms with Gasteiger partial charge in [-0.2, -0.15) is 0 Å². The second kappa shape index (κ2) is 76.5. The third-order valence-electron chi connectivity index (χ3n) is 0.667. The van der Waals surface area contributed by atoms with E-state index in [2.05, 4.69) is 0 Å². The maximum atomic E-state index is 2.00. The predicted octanol–water partition coefficient (Wildman–Crippen LogP) is 4.50. The van der Waals surface area contributed by atoms with Crippen LogP contribution < -0.4 is 0 Å². The summed E-state index contributed by atoms with van der Waals surface area (Å²) in [5.41, 5.74) is 0. The molecule has 0 unspecified atom stereocenters. The Labute approximate surface area is 88.5 Å². The Morgan fingerprint density at radius 1 is 0.333 bits per heavy atom. The van der Waals surface area contributed by atoms with E-state index in [1.54, 1.807) is 0 Å². The van der Waals surface area contributed by atoms with Crippen LogP contribution in [0.15, 0.2) is 36.4 Å². The lowest BCUT2D eigenvalue weighted by Gasteiger charge is -1.69. The van der Waals surface area contributed by atoms with Crippen molar-refractivity contribution in [2.75, 3.05) is 0 Å². The summed E-state index contributed by atoms with van der Waals surface area (Å²) >= 11 is 0. The molecule has 15 heavy (non-hydrogen) atoms. The van der Waals surface area contributed by atoms with Crippen molar-refractivity contribution in [1.29, 1.82) is 0 Å². The Balaban J connectivity index is -0.0000000131. The van der Waals surface area contributed by atoms with Gasteiger partial charge in [0.05, 0.1) is 0 Å². The Kier molecular flexibility index (Phi) is 248. The zero-order chi connectivity index (χ0) is 8.24. The van der Waals surface area contributed by atoms with Crippen LogP contribution in [0.2, 0.25) is 0 Å². The van der Waals surface area contributed by atoms with Crippen LogP contribution in [-0.4, -0.2) is 0 Å². The molecule has 0 nitrogen and oxygen atoms in total. The fourth-order valence-electron chi connectivity index (χ4n) is 0.385. The monoisotopic (exact) mass is 238 g/mol. The Morgan fingerprint density at radius 2 is 0.400 bits per heavy atom. The van der Waals surface area contributed by atoms with Crippen LogP contribution in [0.3, 0.4) is 0 Å². The maximum absolute atomic E-state index is 2.00. The second-order valence-corrected chi connectivity index (χ2v) is 1.15. The van der Waals surface area contributed by atoms with Gasteiger partial charge in [0.2, 0.25) is 0 Å². The van der Waals surface area contributed by atoms with E-state index in [1.807, 2.05) is 64.1 Å². The van der Waals surface area contributed by atoms with E-state index in [9.17, 15) is 0 Å². The van der Waals surface area contributed by atoms with Crippen molar-refractivity contribution in [3.05, 3.63) is 36.4 Å². The van der Waals surface area contributed by atoms with Crippen LogP contribution in [0.1, 0.15) is 27.7 Å². The Bertz CT molecular complexity index is 85.7. The number of rotatable bonds is 0. The molecule has 0 atom stereocenters. The standard InChI is InChI=1S/C6H6.2C2H6.5FH/c1-2-4-6-5-3-1;2*1-2;;;;;/h1-6H;2*1-2H3;5*1H. The first-order chi connectivity index (χ1) is 5.00. The van der Waals surface area contributed by atoms with Crippen molar-refractivity contribution in [2.24, 2.45) is 0 Å². The fraction of sp³-hybridized carbons (Fsp3) is 0.400. The van der Waals surface area contributed by atoms with Crippen molar-refractivity contribution in [3.8, 4) is 0 Å². The Hall–Kier alpha value is -1.13. The molecule has 0 saturated carbocycles. The summed E-state index contributed by atoms with van der Waals surface area (Å²) in [6.45, 7) is 8.00. The summed E-state index contributed by atoms with van der Waals surface area (Å²) in [5, 5.41) is 0. The minimum absolute atomic E-state index is 0. The molecule has 0 aliphatic rings. The first-order valence-corrected chi connectivity index (χ1v) is 4.00. The topological polar surface area (TPSA) is 0 Å². The summed E-state index contributed by atoms with van der Waals surface area (Å²) in [7, 11) is 0. The number of hydrogen-bond donors (Lipinski definition) is 0. The van der Waals surface area contributed by atoms with Gasteiger partial charge in [-0.05, 0) is 0 Å². The zero-order valence-electron chi connectivity index (χ0n) is 9.51. The molecule has 1 aromatic rings. The molecule has 0 heterocycles. The van der Waals surface area contributed by atoms with E-state index in [-0.39, 0.29) is 23.5 Å². The van der Waals surface area contributed by atoms with E-state index >= 15 is 0 Å². The van der Waals surface area contributed by atoms with Gasteiger partial charge in [-0.1, -0.05) is 64.1 Å². The lowest BCUT2D eigenvalue weighted by Crippen LogP contribution is -1.47. The Morgan fingerprint density at radius 3 is 0.467 bits per heavy atom. The van der Waals surface area contributed by atoms with Crippen molar-refractivity contribution >= 4 is 0 Å². The lowest BCUT2D eigenvalue weighted by atomic mass is 10.4. The van der Waals surface area contributed by atoms with Gasteiger partial charge in [-0.3, -0.25) is 23.5 Å². The second-order valence-electron chi connectivity index (χ2n) is 1.15. The fourth-order valence-corrected chi connectivity index (χ4v) is 0.385. The van der Waals surface area contributed by atoms with Gasteiger partial charge in [0.1, 0.15) is 0 Å². The van der Waals surface area contributed by atoms with Crippen LogP contribution >= 0.6 is 0 Å². The molecule has 0 saturated heterocycles. The predicted molar refractivity (Wildman–Crippen MR) is 61.7 cm³/mol. The lowest BCUT2D eigenvalue weighted by molar-refractivity contribution is 1.11. The summed E-state index contributed by atoms with van der Waals surface area (Å²) in [6, 6.07) is 12.0. The highest BCUT2D eigenvalue weighted by Gasteiger charge is 1.57. The normalized spacial score (nSPS) is 4.00. The summed E-state index contributed by atoms with van der Waals surface area (Å²) in [6.07, 6.45) is 0. The molecule has 0 fully saturated rings. The number of benzene rings is 1. The average molecular weight is 238 g/mol. The van der Waals surface area contributed by atoms with Gasteiger partial charge in [-0.15, -0.1) is 0 Å². The van der Waals surface area contributed by atoms with E-state index in [4.69, 9.17) is 0 Å². The van der Waals surface area contributed by atoms with Crippen LogP contribution in [0.5, 0.6) is 0 Å². The molecular weight excluding hydrogens is 215 g/mol. The van der Waals surface area contributed by atoms with E-state index in [0.717, 1.165) is 0 Å². The smallest absolute Gasteiger partial charge is 0.0623 e. The van der Waals surface area contributed by atoms with Gasteiger partial charge < -0.3 is 0 Å². The highest BCUT2D eigenvalue weighted by molar-refractivity contribution is 4.99. The van der Waals surface area contributed by atoms with Crippen LogP contribution in [0.25, 0.3) is 0 Å². The molecule has 0 radical (unpaired) electrons. The molecule has 0 amide bonds. The molecular formula is C10H23F5. The average Bonchev–Trinajstić information content (AvgIpc) is 2.14. The molecule has 0 aliphatic heterocycles. The van der Waals surface area contributed by atoms with Crippen molar-refractivity contribution in [1.82, 2.24) is 0 Å². The molecule has 98 valence electrons. The molecule has 0 N–H and O–H groups in total. The van der Waals surface area contributed by atoms with E-state index in [0.29, 0.717) is 0 Å². The summed E-state index contributed by atoms with van der Waals surface area (Å²) in [4.78, 5) is 0. The van der Waals surface area contributed by atoms with E-state index in [1.165, 1.54) is 0 Å². The number of halogens is 5. The third-order valence-corrected chi connectivity index (χ3v) is 0.667. The summed E-state index contributed by atoms with van der Waals surface area (Å²) in [5.74, 6) is 0. The van der Waals surface area contributed by atoms with Gasteiger partial charge in [0.25, 0.3) is 0 Å². The van der Waals surface area contributed by atoms with Gasteiger partial charge in [0, 0.05) is 0 Å². The van der Waals surface area contributed by atoms with Gasteiger partial charge in [0.15, 0.2) is 0 Å². The molecule has 1 rings (SSSR count). The van der Waals surface area contributed by atoms with Gasteiger partial charge in [-0.25, -0.2) is 0 Å². The minimum Gasteiger partial charge on any atom is -0.269 e. The van der Waals surface area contributed by atoms with Crippen LogP contribution in [-0.2, 0) is 0 Å². The molecule has 0 aliphatic carbocycles. The molecule has 0 bridgehead atoms. The van der Waals surface area contributed by atoms with Crippen LogP contribution in [0.4, 0.5) is 23.5 Å². The van der Waals surface area contributed by atoms with Crippen molar-refractivity contribution in [2.45, 2.75) is 27.7 Å². The molecule has 0 aromatic heterocycles. The van der Waals surface area contributed by atoms with Gasteiger partial charge >= 0.3 is 0 Å². The highest BCUT2D eigenvalue weighted by atomic mass is 19.0. The number of hydrogen-bond acceptors (Lipinski definition) is 0. The quantitative estimate of drug-likeness (QED) is 0.584. The van der Waals surface area contributed by atoms with Crippen molar-refractivity contribution in [3.63, 3.8) is 0 Å². The SMILES string of the molecule is CC.CC.F.F.F.F.F.c1ccccc1. The molecule has 1 aromatic carbocycles. The largest absolute Gasteiger partial charge is 0.269 e. The maximum Gasteiger partial charge on any atom is -0.0623 e.